The van der Waals surface area contributed by atoms with E-state index in [1.807, 2.05) is 10.6 Å². The number of anilines is 1. The molecule has 44 heavy (non-hydrogen) atoms. The molecule has 0 aliphatic heterocycles. The molecule has 2 aromatic heterocycles. The third-order valence-electron chi connectivity index (χ3n) is 5.97. The number of sulfonamides is 1. The van der Waals surface area contributed by atoms with Gasteiger partial charge < -0.3 is 19.4 Å². The van der Waals surface area contributed by atoms with Crippen LogP contribution in [0.25, 0.3) is 16.7 Å². The number of rotatable bonds is 8. The summed E-state index contributed by atoms with van der Waals surface area (Å²) in [5.74, 6) is -0.143. The quantitative estimate of drug-likeness (QED) is 0.204. The van der Waals surface area contributed by atoms with Gasteiger partial charge in [-0.2, -0.15) is 0 Å². The first-order chi connectivity index (χ1) is 20.4. The van der Waals surface area contributed by atoms with Crippen molar-refractivity contribution < 1.29 is 27.5 Å². The summed E-state index contributed by atoms with van der Waals surface area (Å²) in [5, 5.41) is 3.70. The molecule has 0 unspecified atom stereocenters. The Labute approximate surface area is 266 Å². The maximum absolute atomic E-state index is 13.9. The monoisotopic (exact) mass is 660 g/mol. The molecule has 2 aromatic carbocycles. The first kappa shape index (κ1) is 33.1. The number of alkyl carbamates (subject to hydrolysis) is 1. The number of pyridine rings is 1. The van der Waals surface area contributed by atoms with Crippen LogP contribution in [0.5, 0.6) is 0 Å². The highest BCUT2D eigenvalue weighted by molar-refractivity contribution is 7.92. The molecule has 0 atom stereocenters. The number of benzene rings is 2. The second-order valence-corrected chi connectivity index (χ2v) is 14.7. The highest BCUT2D eigenvalue weighted by Crippen LogP contribution is 2.31. The number of esters is 1. The molecule has 1 amide bonds. The number of halogens is 2. The van der Waals surface area contributed by atoms with E-state index in [2.05, 4.69) is 10.3 Å². The molecule has 4 aromatic rings. The van der Waals surface area contributed by atoms with Crippen LogP contribution in [0.3, 0.4) is 0 Å². The Balaban J connectivity index is 1.68. The molecule has 1 N–H and O–H groups in total. The lowest BCUT2D eigenvalue weighted by atomic mass is 10.2. The second-order valence-electron chi connectivity index (χ2n) is 12.0. The summed E-state index contributed by atoms with van der Waals surface area (Å²) in [7, 11) is -4.29. The van der Waals surface area contributed by atoms with Crippen LogP contribution in [0.2, 0.25) is 10.0 Å². The summed E-state index contributed by atoms with van der Waals surface area (Å²) in [6.45, 7) is 10.1. The van der Waals surface area contributed by atoms with Gasteiger partial charge in [0, 0.05) is 34.4 Å². The topological polar surface area (TPSA) is 120 Å². The van der Waals surface area contributed by atoms with Crippen LogP contribution in [0.15, 0.2) is 71.9 Å². The van der Waals surface area contributed by atoms with Gasteiger partial charge in [-0.1, -0.05) is 23.2 Å². The molecule has 0 saturated heterocycles. The van der Waals surface area contributed by atoms with Gasteiger partial charge in [0.25, 0.3) is 10.0 Å². The van der Waals surface area contributed by atoms with Crippen molar-refractivity contribution in [2.24, 2.45) is 0 Å². The molecule has 0 aliphatic rings. The van der Waals surface area contributed by atoms with E-state index in [4.69, 9.17) is 32.7 Å². The van der Waals surface area contributed by atoms with Gasteiger partial charge >= 0.3 is 12.1 Å². The number of hydrogen-bond donors (Lipinski definition) is 1. The van der Waals surface area contributed by atoms with Gasteiger partial charge in [-0.3, -0.25) is 9.10 Å². The van der Waals surface area contributed by atoms with Crippen LogP contribution in [0.1, 0.15) is 47.1 Å². The number of carbonyl (C=O) groups excluding carboxylic acids is 2. The highest BCUT2D eigenvalue weighted by atomic mass is 35.5. The number of carbonyl (C=O) groups is 2. The van der Waals surface area contributed by atoms with E-state index in [0.717, 1.165) is 15.4 Å². The number of nitrogens with one attached hydrogen (secondary N) is 1. The molecule has 4 rings (SSSR count). The van der Waals surface area contributed by atoms with Crippen LogP contribution in [0, 0.1) is 0 Å². The molecule has 0 radical (unpaired) electrons. The molecular weight excluding hydrogens is 627 g/mol. The molecule has 0 saturated carbocycles. The van der Waals surface area contributed by atoms with Crippen LogP contribution >= 0.6 is 23.2 Å². The van der Waals surface area contributed by atoms with Crippen molar-refractivity contribution in [2.45, 2.75) is 64.2 Å². The minimum absolute atomic E-state index is 0.136. The van der Waals surface area contributed by atoms with Gasteiger partial charge in [-0.05, 0) is 102 Å². The number of amides is 1. The SMILES string of the molecule is CC(C)(C)OC(=O)CN(c1ccc2c(ccn2-c2cc(CNC(=O)OC(C)(C)C)ccn2)c1)S(=O)(=O)c1cc(Cl)cc(Cl)c1. The zero-order valence-electron chi connectivity index (χ0n) is 25.2. The normalized spacial score (nSPS) is 12.2. The van der Waals surface area contributed by atoms with Crippen LogP contribution < -0.4 is 9.62 Å². The predicted octanol–water partition coefficient (Wildman–Crippen LogP) is 6.89. The summed E-state index contributed by atoms with van der Waals surface area (Å²) >= 11 is 12.2. The molecular formula is C31H34Cl2N4O6S. The van der Waals surface area contributed by atoms with E-state index in [0.29, 0.717) is 11.2 Å². The third kappa shape index (κ3) is 8.43. The standard InChI is InChI=1S/C31H34Cl2N4O6S/c1-30(2,3)42-28(38)19-37(44(40,41)25-16-22(32)15-23(33)17-25)24-7-8-26-21(14-24)10-12-36(26)27-13-20(9-11-34-27)18-35-29(39)43-31(4,5)6/h7-17H,18-19H2,1-6H3,(H,35,39). The van der Waals surface area contributed by atoms with Gasteiger partial charge in [0.05, 0.1) is 16.1 Å². The van der Waals surface area contributed by atoms with E-state index in [9.17, 15) is 18.0 Å². The Morgan fingerprint density at radius 3 is 2.20 bits per heavy atom. The minimum atomic E-state index is -4.29. The largest absolute Gasteiger partial charge is 0.459 e. The average molecular weight is 662 g/mol. The molecule has 0 fully saturated rings. The first-order valence-corrected chi connectivity index (χ1v) is 15.8. The lowest BCUT2D eigenvalue weighted by molar-refractivity contribution is -0.152. The lowest BCUT2D eigenvalue weighted by Crippen LogP contribution is -2.39. The fourth-order valence-electron chi connectivity index (χ4n) is 4.29. The number of fused-ring (bicyclic) bond motifs is 1. The van der Waals surface area contributed by atoms with Crippen LogP contribution in [-0.4, -0.2) is 47.8 Å². The Morgan fingerprint density at radius 2 is 1.57 bits per heavy atom. The fraction of sp³-hybridized carbons (Fsp3) is 0.323. The summed E-state index contributed by atoms with van der Waals surface area (Å²) in [6.07, 6.45) is 2.90. The van der Waals surface area contributed by atoms with Gasteiger partial charge in [-0.15, -0.1) is 0 Å². The van der Waals surface area contributed by atoms with E-state index < -0.39 is 39.8 Å². The van der Waals surface area contributed by atoms with Crippen molar-refractivity contribution in [2.75, 3.05) is 10.8 Å². The number of aromatic nitrogens is 2. The molecule has 0 spiro atoms. The predicted molar refractivity (Wildman–Crippen MR) is 171 cm³/mol. The Hall–Kier alpha value is -3.80. The highest BCUT2D eigenvalue weighted by Gasteiger charge is 2.30. The molecule has 0 bridgehead atoms. The maximum Gasteiger partial charge on any atom is 0.407 e. The van der Waals surface area contributed by atoms with Crippen LogP contribution in [0.4, 0.5) is 10.5 Å². The van der Waals surface area contributed by atoms with Crippen molar-refractivity contribution in [1.82, 2.24) is 14.9 Å². The smallest absolute Gasteiger partial charge is 0.407 e. The van der Waals surface area contributed by atoms with Gasteiger partial charge in [0.15, 0.2) is 0 Å². The van der Waals surface area contributed by atoms with E-state index in [1.54, 1.807) is 84.3 Å². The van der Waals surface area contributed by atoms with E-state index in [1.165, 1.54) is 18.2 Å². The minimum Gasteiger partial charge on any atom is -0.459 e. The van der Waals surface area contributed by atoms with Crippen molar-refractivity contribution in [3.63, 3.8) is 0 Å². The Morgan fingerprint density at radius 1 is 0.909 bits per heavy atom. The average Bonchev–Trinajstić information content (AvgIpc) is 3.31. The summed E-state index contributed by atoms with van der Waals surface area (Å²) in [4.78, 5) is 29.3. The zero-order chi connectivity index (χ0) is 32.4. The van der Waals surface area contributed by atoms with Crippen molar-refractivity contribution in [3.8, 4) is 5.82 Å². The van der Waals surface area contributed by atoms with Gasteiger partial charge in [-0.25, -0.2) is 18.2 Å². The van der Waals surface area contributed by atoms with Gasteiger partial charge in [0.2, 0.25) is 0 Å². The molecule has 234 valence electrons. The summed E-state index contributed by atoms with van der Waals surface area (Å²) in [5.41, 5.74) is 0.338. The summed E-state index contributed by atoms with van der Waals surface area (Å²) < 4.78 is 41.3. The molecule has 10 nitrogen and oxygen atoms in total. The summed E-state index contributed by atoms with van der Waals surface area (Å²) in [6, 6.07) is 14.4. The Bertz CT molecular complexity index is 1790. The maximum atomic E-state index is 13.9. The molecule has 2 heterocycles. The number of hydrogen-bond acceptors (Lipinski definition) is 7. The lowest BCUT2D eigenvalue weighted by Gasteiger charge is -2.26. The number of ether oxygens (including phenoxy) is 2. The first-order valence-electron chi connectivity index (χ1n) is 13.7. The molecule has 0 aliphatic carbocycles. The van der Waals surface area contributed by atoms with E-state index in [-0.39, 0.29) is 27.2 Å². The fourth-order valence-corrected chi connectivity index (χ4v) is 6.41. The molecule has 13 heteroatoms. The zero-order valence-corrected chi connectivity index (χ0v) is 27.5. The second kappa shape index (κ2) is 12.7. The van der Waals surface area contributed by atoms with Crippen molar-refractivity contribution >= 4 is 61.9 Å². The van der Waals surface area contributed by atoms with Crippen molar-refractivity contribution in [1.29, 1.82) is 0 Å². The van der Waals surface area contributed by atoms with Crippen molar-refractivity contribution in [3.05, 3.63) is 82.6 Å². The third-order valence-corrected chi connectivity index (χ3v) is 8.16. The van der Waals surface area contributed by atoms with Gasteiger partial charge in [0.1, 0.15) is 23.6 Å². The Kier molecular flexibility index (Phi) is 9.53. The van der Waals surface area contributed by atoms with Crippen LogP contribution in [-0.2, 0) is 30.8 Å². The van der Waals surface area contributed by atoms with E-state index >= 15 is 0 Å². The number of nitrogens with zero attached hydrogens (tertiary/aromatic N) is 3.